The Morgan fingerprint density at radius 2 is 1.95 bits per heavy atom. The Hall–Kier alpha value is -2.17. The van der Waals surface area contributed by atoms with Crippen molar-refractivity contribution >= 4 is 11.6 Å². The molecule has 0 bridgehead atoms. The minimum absolute atomic E-state index is 0.223. The molecule has 0 spiro atoms. The molecule has 104 valence electrons. The van der Waals surface area contributed by atoms with Gasteiger partial charge in [-0.25, -0.2) is 14.4 Å². The van der Waals surface area contributed by atoms with E-state index in [1.807, 2.05) is 11.9 Å². The monoisotopic (exact) mass is 272 g/mol. The summed E-state index contributed by atoms with van der Waals surface area (Å²) in [5.41, 5.74) is 6.88. The molecule has 1 fully saturated rings. The van der Waals surface area contributed by atoms with Crippen molar-refractivity contribution in [3.05, 3.63) is 47.5 Å². The molecule has 0 amide bonds. The molecule has 0 radical (unpaired) electrons. The number of nitrogens with zero attached hydrogens (tertiary/aromatic N) is 3. The van der Waals surface area contributed by atoms with Gasteiger partial charge in [0.1, 0.15) is 23.3 Å². The molecule has 1 aliphatic carbocycles. The molecule has 2 N–H and O–H groups in total. The highest BCUT2D eigenvalue weighted by atomic mass is 19.1. The number of rotatable bonds is 4. The van der Waals surface area contributed by atoms with Crippen LogP contribution in [0.15, 0.2) is 30.3 Å². The van der Waals surface area contributed by atoms with Crippen molar-refractivity contribution in [2.45, 2.75) is 25.3 Å². The number of nitrogen functional groups attached to an aromatic ring is 1. The Bertz CT molecular complexity index is 608. The smallest absolute Gasteiger partial charge is 0.136 e. The van der Waals surface area contributed by atoms with Crippen molar-refractivity contribution in [2.75, 3.05) is 17.7 Å². The van der Waals surface area contributed by atoms with Gasteiger partial charge in [-0.1, -0.05) is 12.1 Å². The molecule has 1 aromatic heterocycles. The lowest BCUT2D eigenvalue weighted by atomic mass is 10.2. The average Bonchev–Trinajstić information content (AvgIpc) is 3.25. The number of anilines is 2. The van der Waals surface area contributed by atoms with Gasteiger partial charge < -0.3 is 10.6 Å². The highest BCUT2D eigenvalue weighted by Gasteiger charge is 2.27. The van der Waals surface area contributed by atoms with E-state index in [1.165, 1.54) is 12.1 Å². The van der Waals surface area contributed by atoms with Gasteiger partial charge in [-0.15, -0.1) is 0 Å². The van der Waals surface area contributed by atoms with E-state index in [2.05, 4.69) is 9.97 Å². The zero-order valence-electron chi connectivity index (χ0n) is 11.4. The van der Waals surface area contributed by atoms with Gasteiger partial charge in [-0.05, 0) is 30.5 Å². The van der Waals surface area contributed by atoms with Crippen LogP contribution in [0.2, 0.25) is 0 Å². The second-order valence-corrected chi connectivity index (χ2v) is 5.27. The van der Waals surface area contributed by atoms with Crippen LogP contribution in [0.4, 0.5) is 16.0 Å². The van der Waals surface area contributed by atoms with Gasteiger partial charge in [0, 0.05) is 25.6 Å². The number of hydrogen-bond donors (Lipinski definition) is 1. The van der Waals surface area contributed by atoms with Gasteiger partial charge >= 0.3 is 0 Å². The molecule has 3 rings (SSSR count). The molecule has 5 heteroatoms. The maximum atomic E-state index is 12.9. The Morgan fingerprint density at radius 1 is 1.25 bits per heavy atom. The molecule has 0 atom stereocenters. The highest BCUT2D eigenvalue weighted by Crippen LogP contribution is 2.38. The Morgan fingerprint density at radius 3 is 2.60 bits per heavy atom. The van der Waals surface area contributed by atoms with Crippen molar-refractivity contribution in [1.82, 2.24) is 9.97 Å². The van der Waals surface area contributed by atoms with Gasteiger partial charge in [0.15, 0.2) is 0 Å². The van der Waals surface area contributed by atoms with Gasteiger partial charge in [0.2, 0.25) is 0 Å². The molecule has 1 aliphatic rings. The zero-order chi connectivity index (χ0) is 14.1. The average molecular weight is 272 g/mol. The summed E-state index contributed by atoms with van der Waals surface area (Å²) in [6, 6.07) is 8.26. The molecule has 1 saturated carbocycles. The largest absolute Gasteiger partial charge is 0.384 e. The Balaban J connectivity index is 1.79. The topological polar surface area (TPSA) is 55.0 Å². The molecular weight excluding hydrogens is 255 g/mol. The van der Waals surface area contributed by atoms with E-state index in [0.29, 0.717) is 18.3 Å². The number of hydrogen-bond acceptors (Lipinski definition) is 4. The molecule has 0 aliphatic heterocycles. The summed E-state index contributed by atoms with van der Waals surface area (Å²) >= 11 is 0. The minimum Gasteiger partial charge on any atom is -0.384 e. The summed E-state index contributed by atoms with van der Waals surface area (Å²) in [7, 11) is 1.95. The quantitative estimate of drug-likeness (QED) is 0.929. The second-order valence-electron chi connectivity index (χ2n) is 5.27. The maximum Gasteiger partial charge on any atom is 0.136 e. The number of benzene rings is 1. The molecule has 4 nitrogen and oxygen atoms in total. The van der Waals surface area contributed by atoms with Crippen LogP contribution in [0.5, 0.6) is 0 Å². The highest BCUT2D eigenvalue weighted by molar-refractivity contribution is 5.47. The lowest BCUT2D eigenvalue weighted by molar-refractivity contribution is 0.627. The maximum absolute atomic E-state index is 12.9. The number of halogens is 1. The first-order chi connectivity index (χ1) is 9.61. The predicted octanol–water partition coefficient (Wildman–Crippen LogP) is 2.71. The molecule has 1 aromatic carbocycles. The second kappa shape index (κ2) is 5.07. The first-order valence-corrected chi connectivity index (χ1v) is 6.72. The van der Waals surface area contributed by atoms with Crippen molar-refractivity contribution in [1.29, 1.82) is 0 Å². The fraction of sp³-hybridized carbons (Fsp3) is 0.333. The van der Waals surface area contributed by atoms with Crippen molar-refractivity contribution in [3.8, 4) is 0 Å². The van der Waals surface area contributed by atoms with Gasteiger partial charge in [0.25, 0.3) is 0 Å². The van der Waals surface area contributed by atoms with Crippen LogP contribution >= 0.6 is 0 Å². The summed E-state index contributed by atoms with van der Waals surface area (Å²) in [4.78, 5) is 10.9. The normalized spacial score (nSPS) is 14.3. The molecule has 20 heavy (non-hydrogen) atoms. The van der Waals surface area contributed by atoms with E-state index in [0.717, 1.165) is 30.0 Å². The third kappa shape index (κ3) is 2.87. The van der Waals surface area contributed by atoms with Crippen LogP contribution in [-0.4, -0.2) is 17.0 Å². The van der Waals surface area contributed by atoms with E-state index in [-0.39, 0.29) is 5.82 Å². The number of aromatic nitrogens is 2. The van der Waals surface area contributed by atoms with Crippen LogP contribution in [0.25, 0.3) is 0 Å². The lowest BCUT2D eigenvalue weighted by Gasteiger charge is -2.19. The first-order valence-electron chi connectivity index (χ1n) is 6.72. The third-order valence-corrected chi connectivity index (χ3v) is 3.42. The fourth-order valence-corrected chi connectivity index (χ4v) is 2.14. The standard InChI is InChI=1S/C15H17FN4/c1-20(9-10-2-6-12(16)7-3-10)14-8-13(17)18-15(19-14)11-4-5-11/h2-3,6-8,11H,4-5,9H2,1H3,(H2,17,18,19). The summed E-state index contributed by atoms with van der Waals surface area (Å²) in [6.45, 7) is 0.654. The van der Waals surface area contributed by atoms with Gasteiger partial charge in [0.05, 0.1) is 0 Å². The van der Waals surface area contributed by atoms with E-state index >= 15 is 0 Å². The van der Waals surface area contributed by atoms with Crippen LogP contribution in [0.1, 0.15) is 30.1 Å². The lowest BCUT2D eigenvalue weighted by Crippen LogP contribution is -2.19. The van der Waals surface area contributed by atoms with Crippen LogP contribution in [0.3, 0.4) is 0 Å². The van der Waals surface area contributed by atoms with Crippen molar-refractivity contribution < 1.29 is 4.39 Å². The van der Waals surface area contributed by atoms with Gasteiger partial charge in [-0.2, -0.15) is 0 Å². The first kappa shape index (κ1) is 12.8. The minimum atomic E-state index is -0.223. The fourth-order valence-electron chi connectivity index (χ4n) is 2.14. The molecule has 0 saturated heterocycles. The summed E-state index contributed by atoms with van der Waals surface area (Å²) in [6.07, 6.45) is 2.29. The van der Waals surface area contributed by atoms with Gasteiger partial charge in [-0.3, -0.25) is 0 Å². The summed E-state index contributed by atoms with van der Waals surface area (Å²) < 4.78 is 12.9. The predicted molar refractivity (Wildman–Crippen MR) is 76.9 cm³/mol. The summed E-state index contributed by atoms with van der Waals surface area (Å²) in [5.74, 6) is 2.40. The van der Waals surface area contributed by atoms with Crippen molar-refractivity contribution in [3.63, 3.8) is 0 Å². The van der Waals surface area contributed by atoms with Crippen LogP contribution < -0.4 is 10.6 Å². The molecule has 1 heterocycles. The van der Waals surface area contributed by atoms with E-state index in [4.69, 9.17) is 5.73 Å². The van der Waals surface area contributed by atoms with E-state index in [9.17, 15) is 4.39 Å². The van der Waals surface area contributed by atoms with Crippen molar-refractivity contribution in [2.24, 2.45) is 0 Å². The Kier molecular flexibility index (Phi) is 3.26. The van der Waals surface area contributed by atoms with Crippen LogP contribution in [-0.2, 0) is 6.54 Å². The molecule has 2 aromatic rings. The Labute approximate surface area is 117 Å². The SMILES string of the molecule is CN(Cc1ccc(F)cc1)c1cc(N)nc(C2CC2)n1. The molecule has 0 unspecified atom stereocenters. The zero-order valence-corrected chi connectivity index (χ0v) is 11.4. The summed E-state index contributed by atoms with van der Waals surface area (Å²) in [5, 5.41) is 0. The molecular formula is C15H17FN4. The van der Waals surface area contributed by atoms with E-state index in [1.54, 1.807) is 18.2 Å². The van der Waals surface area contributed by atoms with E-state index < -0.39 is 0 Å². The third-order valence-electron chi connectivity index (χ3n) is 3.42. The van der Waals surface area contributed by atoms with Crippen LogP contribution in [0, 0.1) is 5.82 Å². The number of nitrogens with two attached hydrogens (primary N) is 1.